The Balaban J connectivity index is 2.40. The molecule has 0 radical (unpaired) electrons. The molecule has 2 N–H and O–H groups in total. The van der Waals surface area contributed by atoms with E-state index in [0.717, 1.165) is 38.8 Å². The molecule has 0 aromatic heterocycles. The van der Waals surface area contributed by atoms with Crippen molar-refractivity contribution >= 4 is 5.91 Å². The highest BCUT2D eigenvalue weighted by Gasteiger charge is 2.26. The molecule has 1 aliphatic rings. The van der Waals surface area contributed by atoms with Crippen molar-refractivity contribution in [2.24, 2.45) is 0 Å². The molecule has 4 heteroatoms. The largest absolute Gasteiger partial charge is 0.394 e. The number of rotatable bonds is 6. The maximum absolute atomic E-state index is 12.0. The van der Waals surface area contributed by atoms with Crippen molar-refractivity contribution in [3.05, 3.63) is 0 Å². The molecule has 1 aliphatic heterocycles. The summed E-state index contributed by atoms with van der Waals surface area (Å²) in [5.41, 5.74) is -0.286. The molecule has 1 saturated heterocycles. The van der Waals surface area contributed by atoms with Gasteiger partial charge >= 0.3 is 0 Å². The highest BCUT2D eigenvalue weighted by molar-refractivity contribution is 5.78. The third-order valence-electron chi connectivity index (χ3n) is 3.98. The molecule has 0 aromatic carbocycles. The molecule has 0 atom stereocenters. The topological polar surface area (TPSA) is 52.6 Å². The van der Waals surface area contributed by atoms with Crippen LogP contribution in [0.25, 0.3) is 0 Å². The Morgan fingerprint density at radius 1 is 1.24 bits per heavy atom. The second-order valence-corrected chi connectivity index (χ2v) is 4.94. The molecule has 1 amide bonds. The van der Waals surface area contributed by atoms with E-state index in [2.05, 4.69) is 5.32 Å². The van der Waals surface area contributed by atoms with E-state index in [-0.39, 0.29) is 18.1 Å². The van der Waals surface area contributed by atoms with Crippen LogP contribution in [-0.4, -0.2) is 47.7 Å². The molecule has 0 aromatic rings. The number of piperidine rings is 1. The van der Waals surface area contributed by atoms with Crippen molar-refractivity contribution in [3.63, 3.8) is 0 Å². The number of carbonyl (C=O) groups is 1. The summed E-state index contributed by atoms with van der Waals surface area (Å²) in [6.45, 7) is 6.31. The Morgan fingerprint density at radius 2 is 1.82 bits per heavy atom. The lowest BCUT2D eigenvalue weighted by molar-refractivity contribution is -0.131. The summed E-state index contributed by atoms with van der Waals surface area (Å²) in [6, 6.07) is 0. The Bertz CT molecular complexity index is 225. The van der Waals surface area contributed by atoms with Gasteiger partial charge in [-0.15, -0.1) is 0 Å². The van der Waals surface area contributed by atoms with E-state index in [0.29, 0.717) is 6.54 Å². The number of nitrogens with zero attached hydrogens (tertiary/aromatic N) is 1. The van der Waals surface area contributed by atoms with Crippen LogP contribution in [0.3, 0.4) is 0 Å². The first-order valence-electron chi connectivity index (χ1n) is 6.81. The van der Waals surface area contributed by atoms with Gasteiger partial charge in [0, 0.05) is 18.6 Å². The Morgan fingerprint density at radius 3 is 2.29 bits per heavy atom. The first-order valence-corrected chi connectivity index (χ1v) is 6.81. The van der Waals surface area contributed by atoms with Gasteiger partial charge in [0.2, 0.25) is 5.91 Å². The minimum Gasteiger partial charge on any atom is -0.394 e. The predicted molar refractivity (Wildman–Crippen MR) is 68.8 cm³/mol. The van der Waals surface area contributed by atoms with Crippen LogP contribution in [0.1, 0.15) is 46.0 Å². The van der Waals surface area contributed by atoms with Gasteiger partial charge in [-0.05, 0) is 32.1 Å². The van der Waals surface area contributed by atoms with E-state index in [1.807, 2.05) is 18.7 Å². The van der Waals surface area contributed by atoms with Gasteiger partial charge in [-0.3, -0.25) is 4.79 Å². The molecule has 0 spiro atoms. The maximum atomic E-state index is 12.0. The Hall–Kier alpha value is -0.610. The fourth-order valence-electron chi connectivity index (χ4n) is 2.30. The van der Waals surface area contributed by atoms with Crippen LogP contribution in [0.5, 0.6) is 0 Å². The summed E-state index contributed by atoms with van der Waals surface area (Å²) >= 11 is 0. The minimum absolute atomic E-state index is 0.0906. The van der Waals surface area contributed by atoms with Crippen LogP contribution in [0.2, 0.25) is 0 Å². The van der Waals surface area contributed by atoms with Gasteiger partial charge in [0.05, 0.1) is 13.2 Å². The van der Waals surface area contributed by atoms with Crippen molar-refractivity contribution in [3.8, 4) is 0 Å². The number of carbonyl (C=O) groups excluding carboxylic acids is 1. The molecular formula is C13H26N2O2. The van der Waals surface area contributed by atoms with E-state index in [4.69, 9.17) is 0 Å². The zero-order valence-electron chi connectivity index (χ0n) is 11.2. The monoisotopic (exact) mass is 242 g/mol. The zero-order valence-corrected chi connectivity index (χ0v) is 11.2. The van der Waals surface area contributed by atoms with Crippen LogP contribution >= 0.6 is 0 Å². The van der Waals surface area contributed by atoms with Gasteiger partial charge in [0.1, 0.15) is 0 Å². The molecule has 0 bridgehead atoms. The van der Waals surface area contributed by atoms with Gasteiger partial charge in [-0.25, -0.2) is 0 Å². The SMILES string of the molecule is CCC(CC)(CO)NCC(=O)N1CCCCC1. The van der Waals surface area contributed by atoms with Gasteiger partial charge in [0.25, 0.3) is 0 Å². The van der Waals surface area contributed by atoms with E-state index in [1.54, 1.807) is 0 Å². The molecule has 1 fully saturated rings. The van der Waals surface area contributed by atoms with Crippen LogP contribution < -0.4 is 5.32 Å². The lowest BCUT2D eigenvalue weighted by atomic mass is 9.94. The van der Waals surface area contributed by atoms with Crippen molar-refractivity contribution in [2.45, 2.75) is 51.5 Å². The number of nitrogens with one attached hydrogen (secondary N) is 1. The molecule has 0 saturated carbocycles. The third kappa shape index (κ3) is 3.96. The fraction of sp³-hybridized carbons (Fsp3) is 0.923. The summed E-state index contributed by atoms with van der Waals surface area (Å²) in [5.74, 6) is 0.171. The van der Waals surface area contributed by atoms with E-state index >= 15 is 0 Å². The van der Waals surface area contributed by atoms with Gasteiger partial charge in [0.15, 0.2) is 0 Å². The van der Waals surface area contributed by atoms with Crippen LogP contribution in [-0.2, 0) is 4.79 Å². The van der Waals surface area contributed by atoms with Crippen LogP contribution in [0, 0.1) is 0 Å². The molecule has 1 heterocycles. The summed E-state index contributed by atoms with van der Waals surface area (Å²) < 4.78 is 0. The number of hydrogen-bond acceptors (Lipinski definition) is 3. The maximum Gasteiger partial charge on any atom is 0.236 e. The average molecular weight is 242 g/mol. The van der Waals surface area contributed by atoms with Gasteiger partial charge in [-0.1, -0.05) is 13.8 Å². The molecule has 0 aliphatic carbocycles. The number of hydrogen-bond donors (Lipinski definition) is 2. The smallest absolute Gasteiger partial charge is 0.236 e. The lowest BCUT2D eigenvalue weighted by Crippen LogP contribution is -2.52. The first-order chi connectivity index (χ1) is 8.17. The third-order valence-corrected chi connectivity index (χ3v) is 3.98. The minimum atomic E-state index is -0.286. The average Bonchev–Trinajstić information content (AvgIpc) is 2.41. The van der Waals surface area contributed by atoms with Gasteiger partial charge in [-0.2, -0.15) is 0 Å². The van der Waals surface area contributed by atoms with Crippen molar-refractivity contribution in [1.82, 2.24) is 10.2 Å². The number of amides is 1. The Kier molecular flexibility index (Phi) is 5.92. The summed E-state index contributed by atoms with van der Waals surface area (Å²) in [4.78, 5) is 13.9. The molecule has 4 nitrogen and oxygen atoms in total. The normalized spacial score (nSPS) is 17.2. The molecule has 0 unspecified atom stereocenters. The van der Waals surface area contributed by atoms with Gasteiger partial charge < -0.3 is 15.3 Å². The van der Waals surface area contributed by atoms with E-state index in [9.17, 15) is 9.90 Å². The first kappa shape index (κ1) is 14.5. The second kappa shape index (κ2) is 6.97. The molecule has 1 rings (SSSR count). The van der Waals surface area contributed by atoms with Crippen molar-refractivity contribution in [2.75, 3.05) is 26.2 Å². The highest BCUT2D eigenvalue weighted by atomic mass is 16.3. The summed E-state index contributed by atoms with van der Waals surface area (Å²) in [5, 5.41) is 12.7. The molecule has 100 valence electrons. The van der Waals surface area contributed by atoms with Crippen molar-refractivity contribution < 1.29 is 9.90 Å². The van der Waals surface area contributed by atoms with E-state index in [1.165, 1.54) is 6.42 Å². The zero-order chi connectivity index (χ0) is 12.7. The lowest BCUT2D eigenvalue weighted by Gasteiger charge is -2.33. The number of aliphatic hydroxyl groups excluding tert-OH is 1. The molecular weight excluding hydrogens is 216 g/mol. The van der Waals surface area contributed by atoms with Crippen LogP contribution in [0.4, 0.5) is 0 Å². The van der Waals surface area contributed by atoms with E-state index < -0.39 is 0 Å². The summed E-state index contributed by atoms with van der Waals surface area (Å²) in [7, 11) is 0. The predicted octanol–water partition coefficient (Wildman–Crippen LogP) is 1.14. The Labute approximate surface area is 104 Å². The summed E-state index contributed by atoms with van der Waals surface area (Å²) in [6.07, 6.45) is 5.17. The van der Waals surface area contributed by atoms with Crippen LogP contribution in [0.15, 0.2) is 0 Å². The standard InChI is InChI=1S/C13H26N2O2/c1-3-13(4-2,11-16)14-10-12(17)15-8-6-5-7-9-15/h14,16H,3-11H2,1-2H3. The molecule has 17 heavy (non-hydrogen) atoms. The van der Waals surface area contributed by atoms with Crippen molar-refractivity contribution in [1.29, 1.82) is 0 Å². The number of likely N-dealkylation sites (tertiary alicyclic amines) is 1. The fourth-order valence-corrected chi connectivity index (χ4v) is 2.30. The quantitative estimate of drug-likeness (QED) is 0.734. The highest BCUT2D eigenvalue weighted by Crippen LogP contribution is 2.14. The second-order valence-electron chi connectivity index (χ2n) is 4.94. The number of aliphatic hydroxyl groups is 1.